The molecule has 1 spiro atoms. The maximum Gasteiger partial charge on any atom is 0.206 e. The molecule has 1 saturated heterocycles. The van der Waals surface area contributed by atoms with Crippen molar-refractivity contribution in [3.63, 3.8) is 0 Å². The van der Waals surface area contributed by atoms with Crippen LogP contribution in [0.4, 0.5) is 15.9 Å². The minimum absolute atomic E-state index is 0.00249. The van der Waals surface area contributed by atoms with Gasteiger partial charge >= 0.3 is 0 Å². The lowest BCUT2D eigenvalue weighted by Crippen LogP contribution is -2.65. The monoisotopic (exact) mass is 411 g/mol. The van der Waals surface area contributed by atoms with Gasteiger partial charge in [-0.05, 0) is 50.7 Å². The van der Waals surface area contributed by atoms with Gasteiger partial charge in [0.05, 0.1) is 34.7 Å². The number of halogens is 1. The first-order valence-corrected chi connectivity index (χ1v) is 10.8. The molecular formula is C22H26FN5O2. The van der Waals surface area contributed by atoms with Crippen LogP contribution in [0.2, 0.25) is 0 Å². The normalized spacial score (nSPS) is 29.3. The minimum atomic E-state index is -0.413. The van der Waals surface area contributed by atoms with Crippen molar-refractivity contribution in [3.05, 3.63) is 17.4 Å². The molecule has 158 valence electrons. The summed E-state index contributed by atoms with van der Waals surface area (Å²) in [5.74, 6) is 0.985. The maximum absolute atomic E-state index is 15.8. The summed E-state index contributed by atoms with van der Waals surface area (Å²) in [7, 11) is 0. The molecule has 3 atom stereocenters. The van der Waals surface area contributed by atoms with Crippen LogP contribution in [0, 0.1) is 17.2 Å². The molecule has 4 aliphatic rings. The van der Waals surface area contributed by atoms with Gasteiger partial charge in [-0.15, -0.1) is 0 Å². The van der Waals surface area contributed by atoms with Crippen molar-refractivity contribution in [2.75, 3.05) is 30.0 Å². The summed E-state index contributed by atoms with van der Waals surface area (Å²) >= 11 is 0. The Balaban J connectivity index is 1.50. The lowest BCUT2D eigenvalue weighted by atomic mass is 9.69. The Labute approximate surface area is 174 Å². The highest BCUT2D eigenvalue weighted by atomic mass is 19.1. The van der Waals surface area contributed by atoms with Crippen LogP contribution < -0.4 is 10.2 Å². The predicted octanol–water partition coefficient (Wildman–Crippen LogP) is 3.43. The minimum Gasteiger partial charge on any atom is -0.372 e. The molecule has 2 aromatic rings. The second kappa shape index (κ2) is 6.51. The van der Waals surface area contributed by atoms with Gasteiger partial charge in [0.2, 0.25) is 5.58 Å². The van der Waals surface area contributed by atoms with Crippen LogP contribution in [0.1, 0.15) is 32.3 Å². The molecule has 6 rings (SSSR count). The molecule has 30 heavy (non-hydrogen) atoms. The predicted molar refractivity (Wildman–Crippen MR) is 114 cm³/mol. The Morgan fingerprint density at radius 2 is 2.07 bits per heavy atom. The number of ether oxygens (including phenoxy) is 1. The zero-order valence-corrected chi connectivity index (χ0v) is 17.3. The zero-order chi connectivity index (χ0) is 20.5. The van der Waals surface area contributed by atoms with Gasteiger partial charge in [0, 0.05) is 25.5 Å². The third-order valence-electron chi connectivity index (χ3n) is 6.86. The number of hydrogen-bond donors (Lipinski definition) is 1. The van der Waals surface area contributed by atoms with Gasteiger partial charge in [0.15, 0.2) is 11.6 Å². The molecular weight excluding hydrogens is 385 g/mol. The molecule has 1 N–H and O–H groups in total. The fourth-order valence-electron chi connectivity index (χ4n) is 5.48. The van der Waals surface area contributed by atoms with Crippen LogP contribution in [0.3, 0.4) is 0 Å². The number of rotatable bonds is 3. The topological polar surface area (TPSA) is 75.2 Å². The third kappa shape index (κ3) is 2.69. The van der Waals surface area contributed by atoms with Crippen molar-refractivity contribution in [2.45, 2.75) is 51.4 Å². The first kappa shape index (κ1) is 18.3. The molecule has 0 bridgehead atoms. The average Bonchev–Trinajstić information content (AvgIpc) is 3.45. The van der Waals surface area contributed by atoms with E-state index >= 15 is 4.39 Å². The number of nitrogens with one attached hydrogen (secondary N) is 1. The largest absolute Gasteiger partial charge is 0.372 e. The summed E-state index contributed by atoms with van der Waals surface area (Å²) < 4.78 is 27.5. The van der Waals surface area contributed by atoms with Crippen molar-refractivity contribution in [2.24, 2.45) is 21.3 Å². The van der Waals surface area contributed by atoms with Gasteiger partial charge in [-0.1, -0.05) is 5.16 Å². The molecule has 0 amide bonds. The Bertz CT molecular complexity index is 1050. The summed E-state index contributed by atoms with van der Waals surface area (Å²) in [4.78, 5) is 11.1. The molecule has 7 nitrogen and oxygen atoms in total. The summed E-state index contributed by atoms with van der Waals surface area (Å²) in [6.07, 6.45) is 7.01. The Morgan fingerprint density at radius 1 is 1.27 bits per heavy atom. The smallest absolute Gasteiger partial charge is 0.206 e. The van der Waals surface area contributed by atoms with Crippen molar-refractivity contribution >= 4 is 34.9 Å². The zero-order valence-electron chi connectivity index (χ0n) is 17.3. The molecule has 0 unspecified atom stereocenters. The van der Waals surface area contributed by atoms with E-state index in [4.69, 9.17) is 9.26 Å². The lowest BCUT2D eigenvalue weighted by Gasteiger charge is -2.54. The number of morpholine rings is 1. The number of aliphatic imine (C=N–C) groups is 2. The van der Waals surface area contributed by atoms with Crippen molar-refractivity contribution in [1.29, 1.82) is 0 Å². The van der Waals surface area contributed by atoms with E-state index in [2.05, 4.69) is 32.3 Å². The molecule has 1 aliphatic carbocycles. The Kier molecular flexibility index (Phi) is 3.97. The fourth-order valence-corrected chi connectivity index (χ4v) is 5.48. The maximum atomic E-state index is 15.8. The van der Waals surface area contributed by atoms with Gasteiger partial charge in [0.1, 0.15) is 6.67 Å². The van der Waals surface area contributed by atoms with Crippen LogP contribution in [0.5, 0.6) is 0 Å². The van der Waals surface area contributed by atoms with Crippen LogP contribution in [0.15, 0.2) is 20.6 Å². The number of aromatic nitrogens is 1. The fraction of sp³-hybridized carbons (Fsp3) is 0.591. The number of hydrogen-bond acceptors (Lipinski definition) is 7. The van der Waals surface area contributed by atoms with Crippen molar-refractivity contribution in [3.8, 4) is 0 Å². The second-order valence-electron chi connectivity index (χ2n) is 9.23. The van der Waals surface area contributed by atoms with E-state index in [0.717, 1.165) is 12.1 Å². The first-order valence-electron chi connectivity index (χ1n) is 10.8. The third-order valence-corrected chi connectivity index (χ3v) is 6.86. The van der Waals surface area contributed by atoms with Crippen molar-refractivity contribution < 1.29 is 13.7 Å². The highest BCUT2D eigenvalue weighted by molar-refractivity contribution is 5.97. The van der Waals surface area contributed by atoms with Crippen LogP contribution in [-0.4, -0.2) is 55.6 Å². The molecule has 1 saturated carbocycles. The Hall–Kier alpha value is -2.48. The quantitative estimate of drug-likeness (QED) is 0.838. The molecule has 1 aromatic heterocycles. The summed E-state index contributed by atoms with van der Waals surface area (Å²) in [6.45, 7) is 5.99. The number of benzene rings is 1. The summed E-state index contributed by atoms with van der Waals surface area (Å²) in [5.41, 5.74) is 1.36. The number of fused-ring (bicyclic) bond motifs is 5. The molecule has 4 heterocycles. The van der Waals surface area contributed by atoms with Gasteiger partial charge in [0.25, 0.3) is 0 Å². The molecule has 3 aliphatic heterocycles. The van der Waals surface area contributed by atoms with Gasteiger partial charge in [-0.3, -0.25) is 9.98 Å². The summed E-state index contributed by atoms with van der Waals surface area (Å²) in [6, 6.07) is 1.97. The molecule has 1 aromatic carbocycles. The standard InChI is InChI=1S/C22H26FN5O2/c1-12-8-28-18-15(6-22(9-24-11-25-10-22)20(28)13(2)29-12)5-16-19(17(18)23)30-27-21(16)26-7-14-3-4-14/h5,9-10,12-14,20H,3-4,6-8,11H2,1-2H3,(H,26,27)/t12-,13+,20-/m1/s1. The molecule has 2 fully saturated rings. The highest BCUT2D eigenvalue weighted by Gasteiger charge is 2.52. The van der Waals surface area contributed by atoms with Crippen LogP contribution in [-0.2, 0) is 11.2 Å². The first-order chi connectivity index (χ1) is 14.6. The number of nitrogens with zero attached hydrogens (tertiary/aromatic N) is 4. The SMILES string of the molecule is C[C@@H]1CN2c3c(cc4c(NCC5CC5)noc4c3F)CC3(C=NCN=C3)[C@H]2[C@H](C)O1. The van der Waals surface area contributed by atoms with E-state index in [9.17, 15) is 0 Å². The van der Waals surface area contributed by atoms with E-state index in [1.54, 1.807) is 0 Å². The van der Waals surface area contributed by atoms with E-state index < -0.39 is 5.41 Å². The lowest BCUT2D eigenvalue weighted by molar-refractivity contribution is -0.0432. The van der Waals surface area contributed by atoms with Gasteiger partial charge in [-0.25, -0.2) is 4.39 Å². The Morgan fingerprint density at radius 3 is 2.83 bits per heavy atom. The van der Waals surface area contributed by atoms with E-state index in [1.165, 1.54) is 12.8 Å². The van der Waals surface area contributed by atoms with E-state index in [0.29, 0.717) is 42.4 Å². The number of anilines is 2. The van der Waals surface area contributed by atoms with Gasteiger partial charge in [-0.2, -0.15) is 0 Å². The average molecular weight is 411 g/mol. The van der Waals surface area contributed by atoms with E-state index in [1.807, 2.05) is 25.4 Å². The second-order valence-corrected chi connectivity index (χ2v) is 9.23. The van der Waals surface area contributed by atoms with Gasteiger partial charge < -0.3 is 19.5 Å². The van der Waals surface area contributed by atoms with Crippen molar-refractivity contribution in [1.82, 2.24) is 5.16 Å². The van der Waals surface area contributed by atoms with Crippen LogP contribution in [0.25, 0.3) is 11.0 Å². The molecule has 8 heteroatoms. The van der Waals surface area contributed by atoms with E-state index in [-0.39, 0.29) is 29.7 Å². The summed E-state index contributed by atoms with van der Waals surface area (Å²) in [5, 5.41) is 8.20. The molecule has 0 radical (unpaired) electrons. The van der Waals surface area contributed by atoms with Crippen LogP contribution >= 0.6 is 0 Å². The highest BCUT2D eigenvalue weighted by Crippen LogP contribution is 2.48.